The molecular formula is C19H24N4O2S. The van der Waals surface area contributed by atoms with Crippen molar-refractivity contribution in [3.05, 3.63) is 47.3 Å². The Morgan fingerprint density at radius 1 is 1.15 bits per heavy atom. The Morgan fingerprint density at radius 3 is 2.65 bits per heavy atom. The number of piperidine rings is 1. The van der Waals surface area contributed by atoms with E-state index >= 15 is 0 Å². The summed E-state index contributed by atoms with van der Waals surface area (Å²) >= 11 is 1.28. The first kappa shape index (κ1) is 18.4. The van der Waals surface area contributed by atoms with Crippen molar-refractivity contribution in [2.75, 3.05) is 17.2 Å². The molecule has 4 N–H and O–H groups in total. The van der Waals surface area contributed by atoms with Crippen molar-refractivity contribution < 1.29 is 9.59 Å². The van der Waals surface area contributed by atoms with Gasteiger partial charge in [0.25, 0.3) is 5.91 Å². The van der Waals surface area contributed by atoms with Crippen LogP contribution in [0.25, 0.3) is 0 Å². The maximum absolute atomic E-state index is 12.9. The fourth-order valence-electron chi connectivity index (χ4n) is 3.21. The predicted octanol–water partition coefficient (Wildman–Crippen LogP) is 3.73. The fraction of sp³-hybridized carbons (Fsp3) is 0.368. The highest BCUT2D eigenvalue weighted by Crippen LogP contribution is 2.27. The Labute approximate surface area is 157 Å². The Morgan fingerprint density at radius 2 is 1.92 bits per heavy atom. The lowest BCUT2D eigenvalue weighted by Gasteiger charge is -2.37. The number of thiophene rings is 1. The van der Waals surface area contributed by atoms with Gasteiger partial charge in [0, 0.05) is 24.3 Å². The number of carbonyl (C=O) groups excluding carboxylic acids is 2. The number of nitrogens with zero attached hydrogens (tertiary/aromatic N) is 1. The van der Waals surface area contributed by atoms with Gasteiger partial charge in [-0.3, -0.25) is 10.1 Å². The van der Waals surface area contributed by atoms with Crippen LogP contribution in [0.5, 0.6) is 0 Å². The van der Waals surface area contributed by atoms with Crippen LogP contribution in [-0.4, -0.2) is 35.5 Å². The van der Waals surface area contributed by atoms with Crippen LogP contribution in [-0.2, 0) is 0 Å². The largest absolute Gasteiger partial charge is 0.333 e. The van der Waals surface area contributed by atoms with Gasteiger partial charge in [-0.05, 0) is 50.5 Å². The summed E-state index contributed by atoms with van der Waals surface area (Å²) in [5.41, 5.74) is 6.78. The highest BCUT2D eigenvalue weighted by molar-refractivity contribution is 7.18. The number of anilines is 2. The molecule has 1 saturated heterocycles. The van der Waals surface area contributed by atoms with E-state index in [9.17, 15) is 9.59 Å². The summed E-state index contributed by atoms with van der Waals surface area (Å²) in [7, 11) is 0. The number of nitrogens with one attached hydrogen (secondary N) is 2. The van der Waals surface area contributed by atoms with Crippen molar-refractivity contribution in [2.24, 2.45) is 5.73 Å². The first-order chi connectivity index (χ1) is 12.5. The molecule has 138 valence electrons. The van der Waals surface area contributed by atoms with Gasteiger partial charge in [0.1, 0.15) is 0 Å². The van der Waals surface area contributed by atoms with Crippen LogP contribution < -0.4 is 16.4 Å². The number of rotatable bonds is 4. The Kier molecular flexibility index (Phi) is 5.90. The molecule has 26 heavy (non-hydrogen) atoms. The number of nitrogens with two attached hydrogens (primary N) is 1. The summed E-state index contributed by atoms with van der Waals surface area (Å²) in [6, 6.07) is 12.4. The molecule has 0 radical (unpaired) electrons. The van der Waals surface area contributed by atoms with E-state index < -0.39 is 0 Å². The van der Waals surface area contributed by atoms with Crippen molar-refractivity contribution in [2.45, 2.75) is 38.3 Å². The molecule has 2 atom stereocenters. The highest BCUT2D eigenvalue weighted by atomic mass is 32.1. The van der Waals surface area contributed by atoms with E-state index in [0.717, 1.165) is 25.8 Å². The van der Waals surface area contributed by atoms with E-state index in [4.69, 9.17) is 5.73 Å². The van der Waals surface area contributed by atoms with E-state index in [1.165, 1.54) is 11.3 Å². The van der Waals surface area contributed by atoms with Crippen LogP contribution in [0.4, 0.5) is 15.5 Å². The lowest BCUT2D eigenvalue weighted by molar-refractivity contribution is 0.0589. The summed E-state index contributed by atoms with van der Waals surface area (Å²) in [6.07, 6.45) is 3.05. The second-order valence-electron chi connectivity index (χ2n) is 6.53. The fourth-order valence-corrected chi connectivity index (χ4v) is 4.07. The van der Waals surface area contributed by atoms with Crippen LogP contribution in [0.1, 0.15) is 35.9 Å². The van der Waals surface area contributed by atoms with E-state index in [2.05, 4.69) is 10.6 Å². The van der Waals surface area contributed by atoms with Crippen LogP contribution in [0.2, 0.25) is 0 Å². The number of urea groups is 1. The lowest BCUT2D eigenvalue weighted by atomic mass is 9.97. The predicted molar refractivity (Wildman–Crippen MR) is 106 cm³/mol. The molecule has 2 aromatic rings. The first-order valence-electron chi connectivity index (χ1n) is 8.84. The molecule has 0 bridgehead atoms. The third kappa shape index (κ3) is 4.42. The second-order valence-corrected chi connectivity index (χ2v) is 7.61. The van der Waals surface area contributed by atoms with Crippen molar-refractivity contribution in [3.8, 4) is 0 Å². The molecular weight excluding hydrogens is 348 g/mol. The lowest BCUT2D eigenvalue weighted by Crippen LogP contribution is -2.51. The molecule has 3 amide bonds. The van der Waals surface area contributed by atoms with Crippen molar-refractivity contribution in [1.82, 2.24) is 4.90 Å². The van der Waals surface area contributed by atoms with Crippen LogP contribution in [0.15, 0.2) is 42.5 Å². The average molecular weight is 372 g/mol. The summed E-state index contributed by atoms with van der Waals surface area (Å²) in [5.74, 6) is -0.00600. The molecule has 1 fully saturated rings. The minimum Gasteiger partial charge on any atom is -0.333 e. The molecule has 3 rings (SSSR count). The molecule has 7 heteroatoms. The average Bonchev–Trinajstić information content (AvgIpc) is 3.10. The zero-order valence-corrected chi connectivity index (χ0v) is 15.6. The van der Waals surface area contributed by atoms with Gasteiger partial charge < -0.3 is 16.0 Å². The van der Waals surface area contributed by atoms with Gasteiger partial charge in [0.2, 0.25) is 0 Å². The summed E-state index contributed by atoms with van der Waals surface area (Å²) < 4.78 is 0. The van der Waals surface area contributed by atoms with Gasteiger partial charge in [-0.1, -0.05) is 18.2 Å². The van der Waals surface area contributed by atoms with Gasteiger partial charge in [0.05, 0.1) is 9.88 Å². The van der Waals surface area contributed by atoms with E-state index in [1.807, 2.05) is 42.2 Å². The minimum absolute atomic E-state index is 0.00600. The van der Waals surface area contributed by atoms with Gasteiger partial charge in [-0.25, -0.2) is 4.79 Å². The second kappa shape index (κ2) is 8.33. The highest BCUT2D eigenvalue weighted by Gasteiger charge is 2.30. The van der Waals surface area contributed by atoms with Crippen molar-refractivity contribution >= 4 is 34.0 Å². The van der Waals surface area contributed by atoms with Crippen LogP contribution in [0, 0.1) is 0 Å². The maximum atomic E-state index is 12.9. The maximum Gasteiger partial charge on any atom is 0.324 e. The molecule has 0 spiro atoms. The zero-order valence-electron chi connectivity index (χ0n) is 14.8. The monoisotopic (exact) mass is 372 g/mol. The Hall–Kier alpha value is -2.38. The zero-order chi connectivity index (χ0) is 18.5. The number of amides is 3. The molecule has 1 aliphatic heterocycles. The molecule has 2 unspecified atom stereocenters. The van der Waals surface area contributed by atoms with E-state index in [1.54, 1.807) is 12.1 Å². The van der Waals surface area contributed by atoms with Gasteiger partial charge >= 0.3 is 6.03 Å². The third-order valence-corrected chi connectivity index (χ3v) is 5.49. The number of benzene rings is 1. The normalized spacial score (nSPS) is 18.2. The van der Waals surface area contributed by atoms with E-state index in [-0.39, 0.29) is 24.0 Å². The topological polar surface area (TPSA) is 87.5 Å². The smallest absolute Gasteiger partial charge is 0.324 e. The van der Waals surface area contributed by atoms with Crippen LogP contribution in [0.3, 0.4) is 0 Å². The van der Waals surface area contributed by atoms with Crippen molar-refractivity contribution in [1.29, 1.82) is 0 Å². The van der Waals surface area contributed by atoms with E-state index in [0.29, 0.717) is 15.6 Å². The number of carbonyl (C=O) groups is 2. The van der Waals surface area contributed by atoms with Crippen LogP contribution >= 0.6 is 11.3 Å². The number of hydrogen-bond donors (Lipinski definition) is 3. The summed E-state index contributed by atoms with van der Waals surface area (Å²) in [4.78, 5) is 27.4. The third-order valence-electron chi connectivity index (χ3n) is 4.50. The number of hydrogen-bond acceptors (Lipinski definition) is 4. The van der Waals surface area contributed by atoms with Crippen molar-refractivity contribution in [3.63, 3.8) is 0 Å². The number of likely N-dealkylation sites (tertiary alicyclic amines) is 1. The molecule has 1 aliphatic rings. The molecule has 0 saturated carbocycles. The number of para-hydroxylation sites is 1. The Bertz CT molecular complexity index is 760. The van der Waals surface area contributed by atoms with Gasteiger partial charge in [-0.15, -0.1) is 11.3 Å². The standard InChI is InChI=1S/C19H24N4O2S/c1-13(20)15-9-5-6-12-23(15)18(24)16-10-11-17(26-16)22-19(25)21-14-7-3-2-4-8-14/h2-4,7-8,10-11,13,15H,5-6,9,12,20H2,1H3,(H2,21,22,25). The molecule has 6 nitrogen and oxygen atoms in total. The van der Waals surface area contributed by atoms with Gasteiger partial charge in [0.15, 0.2) is 0 Å². The van der Waals surface area contributed by atoms with Gasteiger partial charge in [-0.2, -0.15) is 0 Å². The molecule has 1 aromatic carbocycles. The SMILES string of the molecule is CC(N)C1CCCCN1C(=O)c1ccc(NC(=O)Nc2ccccc2)s1. The quantitative estimate of drug-likeness (QED) is 0.764. The molecule has 1 aromatic heterocycles. The summed E-state index contributed by atoms with van der Waals surface area (Å²) in [6.45, 7) is 2.69. The molecule has 2 heterocycles. The Balaban J connectivity index is 1.63. The minimum atomic E-state index is -0.330. The first-order valence-corrected chi connectivity index (χ1v) is 9.65. The molecule has 0 aliphatic carbocycles. The summed E-state index contributed by atoms with van der Waals surface area (Å²) in [5, 5.41) is 6.17.